The summed E-state index contributed by atoms with van der Waals surface area (Å²) >= 11 is 0. The van der Waals surface area contributed by atoms with Crippen LogP contribution in [0.4, 0.5) is 0 Å². The first-order valence-corrected chi connectivity index (χ1v) is 7.73. The maximum Gasteiger partial charge on any atom is 0.241 e. The van der Waals surface area contributed by atoms with Crippen LogP contribution in [0.2, 0.25) is 0 Å². The zero-order valence-corrected chi connectivity index (χ0v) is 12.1. The molecule has 0 saturated carbocycles. The first kappa shape index (κ1) is 17.2. The van der Waals surface area contributed by atoms with Gasteiger partial charge in [0.05, 0.1) is 0 Å². The lowest BCUT2D eigenvalue weighted by Gasteiger charge is -2.01. The van der Waals surface area contributed by atoms with Gasteiger partial charge in [-0.2, -0.15) is 0 Å². The summed E-state index contributed by atoms with van der Waals surface area (Å²) in [5.74, 6) is -0.335. The molecule has 0 spiro atoms. The van der Waals surface area contributed by atoms with Crippen molar-refractivity contribution in [2.75, 3.05) is 0 Å². The Balaban J connectivity index is 3.01. The molecule has 0 radical (unpaired) electrons. The number of carbonyl (C=O) groups is 1. The van der Waals surface area contributed by atoms with Crippen LogP contribution < -0.4 is 5.73 Å². The fourth-order valence-corrected chi connectivity index (χ4v) is 2.13. The zero-order chi connectivity index (χ0) is 13.5. The molecule has 0 rings (SSSR count). The molecule has 0 aliphatic heterocycles. The first-order chi connectivity index (χ1) is 8.77. The third-order valence-corrected chi connectivity index (χ3v) is 3.26. The molecule has 1 amide bonds. The molecule has 2 nitrogen and oxygen atoms in total. The number of unbranched alkanes of at least 4 members (excludes halogenated alkanes) is 11. The molecule has 106 valence electrons. The molecule has 0 aromatic carbocycles. The topological polar surface area (TPSA) is 43.1 Å². The predicted molar refractivity (Wildman–Crippen MR) is 79.4 cm³/mol. The number of allylic oxidation sites excluding steroid dienone is 1. The minimum Gasteiger partial charge on any atom is -0.366 e. The van der Waals surface area contributed by atoms with Crippen molar-refractivity contribution < 1.29 is 4.79 Å². The van der Waals surface area contributed by atoms with E-state index in [9.17, 15) is 4.79 Å². The number of nitrogens with two attached hydrogens (primary N) is 1. The van der Waals surface area contributed by atoms with Gasteiger partial charge in [0.25, 0.3) is 0 Å². The molecule has 0 unspecified atom stereocenters. The third-order valence-electron chi connectivity index (χ3n) is 3.26. The van der Waals surface area contributed by atoms with E-state index in [-0.39, 0.29) is 5.91 Å². The van der Waals surface area contributed by atoms with Crippen molar-refractivity contribution in [1.29, 1.82) is 0 Å². The average Bonchev–Trinajstić information content (AvgIpc) is 2.34. The van der Waals surface area contributed by atoms with E-state index in [1.807, 2.05) is 6.08 Å². The molecule has 18 heavy (non-hydrogen) atoms. The summed E-state index contributed by atoms with van der Waals surface area (Å²) < 4.78 is 0. The van der Waals surface area contributed by atoms with Gasteiger partial charge >= 0.3 is 0 Å². The van der Waals surface area contributed by atoms with Crippen molar-refractivity contribution in [2.24, 2.45) is 5.73 Å². The van der Waals surface area contributed by atoms with Gasteiger partial charge in [0.15, 0.2) is 0 Å². The lowest BCUT2D eigenvalue weighted by atomic mass is 10.1. The number of primary amides is 1. The monoisotopic (exact) mass is 253 g/mol. The van der Waals surface area contributed by atoms with Gasteiger partial charge in [-0.15, -0.1) is 0 Å². The van der Waals surface area contributed by atoms with Gasteiger partial charge in [0.2, 0.25) is 5.91 Å². The maximum atomic E-state index is 10.4. The molecule has 2 heteroatoms. The molecular formula is C16H31NO. The Morgan fingerprint density at radius 2 is 1.28 bits per heavy atom. The van der Waals surface area contributed by atoms with Gasteiger partial charge in [-0.25, -0.2) is 0 Å². The Hall–Kier alpha value is -0.790. The molecule has 0 atom stereocenters. The van der Waals surface area contributed by atoms with Gasteiger partial charge in [-0.1, -0.05) is 77.2 Å². The molecule has 0 saturated heterocycles. The Kier molecular flexibility index (Phi) is 13.6. The van der Waals surface area contributed by atoms with Crippen molar-refractivity contribution in [3.63, 3.8) is 0 Å². The maximum absolute atomic E-state index is 10.4. The van der Waals surface area contributed by atoms with Crippen molar-refractivity contribution in [2.45, 2.75) is 84.0 Å². The molecule has 0 aliphatic rings. The summed E-state index contributed by atoms with van der Waals surface area (Å²) in [5, 5.41) is 0. The molecule has 0 aromatic rings. The highest BCUT2D eigenvalue weighted by Crippen LogP contribution is 2.11. The SMILES string of the molecule is CCCCCCCCCCCCC/C=C\C(N)=O. The van der Waals surface area contributed by atoms with Crippen molar-refractivity contribution in [1.82, 2.24) is 0 Å². The molecular weight excluding hydrogens is 222 g/mol. The number of rotatable bonds is 13. The first-order valence-electron chi connectivity index (χ1n) is 7.73. The second-order valence-electron chi connectivity index (χ2n) is 5.13. The normalized spacial score (nSPS) is 11.2. The Labute approximate surface area is 113 Å². The molecule has 0 aliphatic carbocycles. The van der Waals surface area contributed by atoms with Crippen LogP contribution in [0.3, 0.4) is 0 Å². The number of amides is 1. The lowest BCUT2D eigenvalue weighted by Crippen LogP contribution is -2.05. The summed E-state index contributed by atoms with van der Waals surface area (Å²) in [6, 6.07) is 0. The van der Waals surface area contributed by atoms with Crippen LogP contribution in [0.15, 0.2) is 12.2 Å². The zero-order valence-electron chi connectivity index (χ0n) is 12.1. The third kappa shape index (κ3) is 15.2. The second-order valence-corrected chi connectivity index (χ2v) is 5.13. The fraction of sp³-hybridized carbons (Fsp3) is 0.812. The van der Waals surface area contributed by atoms with Crippen LogP contribution in [0.25, 0.3) is 0 Å². The van der Waals surface area contributed by atoms with Crippen molar-refractivity contribution >= 4 is 5.91 Å². The standard InChI is InChI=1S/C16H31NO/c1-2-3-4-5-6-7-8-9-10-11-12-13-14-15-16(17)18/h14-15H,2-13H2,1H3,(H2,17,18)/b15-14-. The van der Waals surface area contributed by atoms with E-state index >= 15 is 0 Å². The van der Waals surface area contributed by atoms with E-state index in [1.165, 1.54) is 76.7 Å². The van der Waals surface area contributed by atoms with E-state index < -0.39 is 0 Å². The largest absolute Gasteiger partial charge is 0.366 e. The highest BCUT2D eigenvalue weighted by Gasteiger charge is 1.92. The van der Waals surface area contributed by atoms with E-state index in [4.69, 9.17) is 5.73 Å². The number of hydrogen-bond donors (Lipinski definition) is 1. The Bertz CT molecular complexity index is 211. The minimum absolute atomic E-state index is 0.335. The van der Waals surface area contributed by atoms with Crippen LogP contribution in [0, 0.1) is 0 Å². The van der Waals surface area contributed by atoms with Gasteiger partial charge < -0.3 is 5.73 Å². The van der Waals surface area contributed by atoms with E-state index in [1.54, 1.807) is 0 Å². The van der Waals surface area contributed by atoms with E-state index in [0.717, 1.165) is 6.42 Å². The molecule has 0 heterocycles. The average molecular weight is 253 g/mol. The van der Waals surface area contributed by atoms with Crippen LogP contribution in [0.5, 0.6) is 0 Å². The predicted octanol–water partition coefficient (Wildman–Crippen LogP) is 4.73. The van der Waals surface area contributed by atoms with Crippen molar-refractivity contribution in [3.8, 4) is 0 Å². The second kappa shape index (κ2) is 14.3. The fourth-order valence-electron chi connectivity index (χ4n) is 2.13. The summed E-state index contributed by atoms with van der Waals surface area (Å²) in [4.78, 5) is 10.4. The number of carbonyl (C=O) groups excluding carboxylic acids is 1. The quantitative estimate of drug-likeness (QED) is 0.374. The van der Waals surface area contributed by atoms with Gasteiger partial charge in [-0.05, 0) is 18.9 Å². The summed E-state index contributed by atoms with van der Waals surface area (Å²) in [7, 11) is 0. The van der Waals surface area contributed by atoms with E-state index in [2.05, 4.69) is 6.92 Å². The summed E-state index contributed by atoms with van der Waals surface area (Å²) in [6.45, 7) is 2.26. The van der Waals surface area contributed by atoms with Crippen molar-refractivity contribution in [3.05, 3.63) is 12.2 Å². The van der Waals surface area contributed by atoms with Crippen LogP contribution in [-0.4, -0.2) is 5.91 Å². The van der Waals surface area contributed by atoms with Crippen LogP contribution in [-0.2, 0) is 4.79 Å². The van der Waals surface area contributed by atoms with E-state index in [0.29, 0.717) is 0 Å². The lowest BCUT2D eigenvalue weighted by molar-refractivity contribution is -0.113. The van der Waals surface area contributed by atoms with Gasteiger partial charge in [0.1, 0.15) is 0 Å². The Morgan fingerprint density at radius 3 is 1.72 bits per heavy atom. The highest BCUT2D eigenvalue weighted by molar-refractivity contribution is 5.85. The molecule has 0 aromatic heterocycles. The number of hydrogen-bond acceptors (Lipinski definition) is 1. The minimum atomic E-state index is -0.335. The smallest absolute Gasteiger partial charge is 0.241 e. The van der Waals surface area contributed by atoms with Crippen LogP contribution in [0.1, 0.15) is 84.0 Å². The summed E-state index contributed by atoms with van der Waals surface area (Å²) in [5.41, 5.74) is 5.01. The summed E-state index contributed by atoms with van der Waals surface area (Å²) in [6.07, 6.45) is 19.3. The molecule has 2 N–H and O–H groups in total. The highest BCUT2D eigenvalue weighted by atomic mass is 16.1. The molecule has 0 fully saturated rings. The van der Waals surface area contributed by atoms with Gasteiger partial charge in [0, 0.05) is 0 Å². The molecule has 0 bridgehead atoms. The van der Waals surface area contributed by atoms with Crippen LogP contribution >= 0.6 is 0 Å². The Morgan fingerprint density at radius 1 is 0.833 bits per heavy atom. The van der Waals surface area contributed by atoms with Gasteiger partial charge in [-0.3, -0.25) is 4.79 Å².